The molecule has 0 aliphatic heterocycles. The maximum atomic E-state index is 12.3. The average molecular weight is 439 g/mol. The van der Waals surface area contributed by atoms with Gasteiger partial charge < -0.3 is 15.4 Å². The number of rotatable bonds is 9. The van der Waals surface area contributed by atoms with Crippen LogP contribution in [0, 0.1) is 0 Å². The van der Waals surface area contributed by atoms with Crippen LogP contribution in [0.4, 0.5) is 11.4 Å². The summed E-state index contributed by atoms with van der Waals surface area (Å²) >= 11 is 3.40. The Hall–Kier alpha value is -2.79. The van der Waals surface area contributed by atoms with Crippen molar-refractivity contribution in [3.8, 4) is 5.75 Å². The van der Waals surface area contributed by atoms with Crippen LogP contribution in [0.3, 0.4) is 0 Å². The Kier molecular flexibility index (Phi) is 7.50. The molecule has 0 saturated carbocycles. The molecule has 2 N–H and O–H groups in total. The van der Waals surface area contributed by atoms with Crippen LogP contribution < -0.4 is 15.4 Å². The van der Waals surface area contributed by atoms with Crippen LogP contribution in [-0.2, 0) is 11.2 Å². The van der Waals surface area contributed by atoms with E-state index in [1.54, 1.807) is 0 Å². The predicted octanol–water partition coefficient (Wildman–Crippen LogP) is 5.51. The number of hydrogen-bond acceptors (Lipinski definition) is 3. The van der Waals surface area contributed by atoms with E-state index in [-0.39, 0.29) is 12.5 Å². The van der Waals surface area contributed by atoms with Crippen LogP contribution in [0.15, 0.2) is 83.3 Å². The first-order valence-corrected chi connectivity index (χ1v) is 10.0. The minimum Gasteiger partial charge on any atom is -0.491 e. The molecule has 28 heavy (non-hydrogen) atoms. The predicted molar refractivity (Wildman–Crippen MR) is 118 cm³/mol. The molecule has 0 radical (unpaired) electrons. The Morgan fingerprint density at radius 2 is 1.61 bits per heavy atom. The molecule has 3 aromatic rings. The molecule has 0 fully saturated rings. The quantitative estimate of drug-likeness (QED) is 0.432. The van der Waals surface area contributed by atoms with E-state index >= 15 is 0 Å². The van der Waals surface area contributed by atoms with Crippen LogP contribution in [-0.4, -0.2) is 19.1 Å². The summed E-state index contributed by atoms with van der Waals surface area (Å²) in [6.07, 6.45) is 1.88. The molecule has 1 amide bonds. The number of para-hydroxylation sites is 2. The van der Waals surface area contributed by atoms with Crippen LogP contribution in [0.2, 0.25) is 0 Å². The topological polar surface area (TPSA) is 50.4 Å². The molecule has 144 valence electrons. The van der Waals surface area contributed by atoms with Crippen molar-refractivity contribution in [1.29, 1.82) is 0 Å². The number of benzene rings is 3. The van der Waals surface area contributed by atoms with Gasteiger partial charge in [-0.1, -0.05) is 58.4 Å². The Morgan fingerprint density at radius 3 is 2.39 bits per heavy atom. The van der Waals surface area contributed by atoms with Crippen molar-refractivity contribution in [2.24, 2.45) is 0 Å². The number of anilines is 2. The number of halogens is 1. The van der Waals surface area contributed by atoms with Crippen molar-refractivity contribution in [2.75, 3.05) is 23.8 Å². The van der Waals surface area contributed by atoms with Gasteiger partial charge in [0.25, 0.3) is 0 Å². The van der Waals surface area contributed by atoms with Gasteiger partial charge in [0, 0.05) is 10.2 Å². The molecule has 3 rings (SSSR count). The zero-order chi connectivity index (χ0) is 19.6. The minimum atomic E-state index is -0.122. The second-order valence-electron chi connectivity index (χ2n) is 6.34. The van der Waals surface area contributed by atoms with Gasteiger partial charge in [-0.3, -0.25) is 4.79 Å². The number of nitrogens with one attached hydrogen (secondary N) is 2. The van der Waals surface area contributed by atoms with Crippen LogP contribution >= 0.6 is 15.9 Å². The van der Waals surface area contributed by atoms with Gasteiger partial charge in [0.05, 0.1) is 18.8 Å². The van der Waals surface area contributed by atoms with Gasteiger partial charge in [-0.15, -0.1) is 0 Å². The molecular formula is C23H23BrN2O2. The monoisotopic (exact) mass is 438 g/mol. The molecule has 0 aromatic heterocycles. The summed E-state index contributed by atoms with van der Waals surface area (Å²) in [5, 5.41) is 6.02. The van der Waals surface area contributed by atoms with E-state index in [1.807, 2.05) is 66.7 Å². The summed E-state index contributed by atoms with van der Waals surface area (Å²) in [6, 6.07) is 25.6. The zero-order valence-electron chi connectivity index (χ0n) is 15.5. The number of carbonyl (C=O) groups excluding carboxylic acids is 1. The Morgan fingerprint density at radius 1 is 0.893 bits per heavy atom. The fraction of sp³-hybridized carbons (Fsp3) is 0.174. The second kappa shape index (κ2) is 10.5. The van der Waals surface area contributed by atoms with Gasteiger partial charge >= 0.3 is 0 Å². The molecule has 0 unspecified atom stereocenters. The highest BCUT2D eigenvalue weighted by molar-refractivity contribution is 9.10. The van der Waals surface area contributed by atoms with Gasteiger partial charge in [0.2, 0.25) is 5.91 Å². The largest absolute Gasteiger partial charge is 0.491 e. The molecule has 0 spiro atoms. The molecule has 0 heterocycles. The van der Waals surface area contributed by atoms with Crippen molar-refractivity contribution < 1.29 is 9.53 Å². The molecular weight excluding hydrogens is 416 g/mol. The van der Waals surface area contributed by atoms with Crippen LogP contribution in [0.1, 0.15) is 12.0 Å². The number of hydrogen-bond donors (Lipinski definition) is 2. The van der Waals surface area contributed by atoms with Crippen molar-refractivity contribution in [3.63, 3.8) is 0 Å². The molecule has 5 heteroatoms. The molecule has 0 atom stereocenters. The van der Waals surface area contributed by atoms with Gasteiger partial charge in [-0.25, -0.2) is 0 Å². The third-order valence-corrected chi connectivity index (χ3v) is 4.70. The van der Waals surface area contributed by atoms with Gasteiger partial charge in [0.1, 0.15) is 5.75 Å². The molecule has 3 aromatic carbocycles. The highest BCUT2D eigenvalue weighted by Gasteiger charge is 2.07. The molecule has 0 aliphatic rings. The van der Waals surface area contributed by atoms with E-state index in [0.717, 1.165) is 23.0 Å². The van der Waals surface area contributed by atoms with E-state index in [4.69, 9.17) is 4.74 Å². The first kappa shape index (κ1) is 20.0. The van der Waals surface area contributed by atoms with E-state index in [0.29, 0.717) is 18.0 Å². The zero-order valence-corrected chi connectivity index (χ0v) is 17.1. The maximum absolute atomic E-state index is 12.3. The molecule has 0 bridgehead atoms. The van der Waals surface area contributed by atoms with Crippen molar-refractivity contribution >= 4 is 33.2 Å². The summed E-state index contributed by atoms with van der Waals surface area (Å²) in [4.78, 5) is 12.3. The van der Waals surface area contributed by atoms with Gasteiger partial charge in [0.15, 0.2) is 0 Å². The number of ether oxygens (including phenoxy) is 1. The molecule has 0 aliphatic carbocycles. The average Bonchev–Trinajstić information content (AvgIpc) is 2.73. The smallest absolute Gasteiger partial charge is 0.243 e. The van der Waals surface area contributed by atoms with Crippen molar-refractivity contribution in [1.82, 2.24) is 0 Å². The standard InChI is InChI=1S/C23H23BrN2O2/c24-19-12-14-20(15-13-19)25-17-23(27)26-21-10-4-5-11-22(21)28-16-6-9-18-7-2-1-3-8-18/h1-5,7-8,10-15,25H,6,9,16-17H2,(H,26,27). The van der Waals surface area contributed by atoms with E-state index in [9.17, 15) is 4.79 Å². The van der Waals surface area contributed by atoms with Crippen molar-refractivity contribution in [2.45, 2.75) is 12.8 Å². The first-order chi connectivity index (χ1) is 13.7. The highest BCUT2D eigenvalue weighted by Crippen LogP contribution is 2.24. The third-order valence-electron chi connectivity index (χ3n) is 4.17. The lowest BCUT2D eigenvalue weighted by Gasteiger charge is -2.13. The van der Waals surface area contributed by atoms with Crippen molar-refractivity contribution in [3.05, 3.63) is 88.9 Å². The van der Waals surface area contributed by atoms with E-state index < -0.39 is 0 Å². The SMILES string of the molecule is O=C(CNc1ccc(Br)cc1)Nc1ccccc1OCCCc1ccccc1. The van der Waals surface area contributed by atoms with Crippen LogP contribution in [0.5, 0.6) is 5.75 Å². The Labute approximate surface area is 174 Å². The highest BCUT2D eigenvalue weighted by atomic mass is 79.9. The lowest BCUT2D eigenvalue weighted by Crippen LogP contribution is -2.22. The summed E-state index contributed by atoms with van der Waals surface area (Å²) in [6.45, 7) is 0.781. The van der Waals surface area contributed by atoms with E-state index in [2.05, 4.69) is 38.7 Å². The van der Waals surface area contributed by atoms with Gasteiger partial charge in [-0.2, -0.15) is 0 Å². The summed E-state index contributed by atoms with van der Waals surface area (Å²) in [5.74, 6) is 0.566. The summed E-state index contributed by atoms with van der Waals surface area (Å²) < 4.78 is 6.90. The third kappa shape index (κ3) is 6.43. The normalized spacial score (nSPS) is 10.3. The molecule has 4 nitrogen and oxygen atoms in total. The Bertz CT molecular complexity index is 883. The maximum Gasteiger partial charge on any atom is 0.243 e. The number of amides is 1. The minimum absolute atomic E-state index is 0.122. The van der Waals surface area contributed by atoms with Crippen LogP contribution in [0.25, 0.3) is 0 Å². The lowest BCUT2D eigenvalue weighted by atomic mass is 10.1. The lowest BCUT2D eigenvalue weighted by molar-refractivity contribution is -0.114. The second-order valence-corrected chi connectivity index (χ2v) is 7.26. The fourth-order valence-electron chi connectivity index (χ4n) is 2.74. The summed E-state index contributed by atoms with van der Waals surface area (Å²) in [5.41, 5.74) is 2.88. The summed E-state index contributed by atoms with van der Waals surface area (Å²) in [7, 11) is 0. The van der Waals surface area contributed by atoms with Gasteiger partial charge in [-0.05, 0) is 54.8 Å². The number of carbonyl (C=O) groups is 1. The Balaban J connectivity index is 1.47. The van der Waals surface area contributed by atoms with E-state index in [1.165, 1.54) is 5.56 Å². The fourth-order valence-corrected chi connectivity index (χ4v) is 3.01. The molecule has 0 saturated heterocycles. The first-order valence-electron chi connectivity index (χ1n) is 9.26. The number of aryl methyl sites for hydroxylation is 1.